The van der Waals surface area contributed by atoms with Crippen molar-refractivity contribution in [3.8, 4) is 17.6 Å². The first kappa shape index (κ1) is 29.9. The molecule has 42 heavy (non-hydrogen) atoms. The molecule has 3 aromatic heterocycles. The maximum Gasteiger partial charge on any atom is 0.305 e. The number of aryl methyl sites for hydroxylation is 1. The minimum absolute atomic E-state index is 0.103. The van der Waals surface area contributed by atoms with Gasteiger partial charge in [0.2, 0.25) is 17.7 Å². The number of nitriles is 1. The van der Waals surface area contributed by atoms with Crippen molar-refractivity contribution in [3.05, 3.63) is 34.2 Å². The molecule has 1 saturated heterocycles. The molecule has 0 spiro atoms. The van der Waals surface area contributed by atoms with E-state index in [4.69, 9.17) is 25.0 Å². The molecule has 0 radical (unpaired) electrons. The van der Waals surface area contributed by atoms with Crippen molar-refractivity contribution in [2.75, 3.05) is 43.4 Å². The second-order valence-electron chi connectivity index (χ2n) is 11.4. The van der Waals surface area contributed by atoms with Gasteiger partial charge < -0.3 is 24.8 Å². The van der Waals surface area contributed by atoms with Gasteiger partial charge in [-0.25, -0.2) is 9.97 Å². The molecule has 1 fully saturated rings. The highest BCUT2D eigenvalue weighted by Crippen LogP contribution is 2.48. The first-order chi connectivity index (χ1) is 20.3. The molecule has 5 rings (SSSR count). The number of fused-ring (bicyclic) bond motifs is 1. The van der Waals surface area contributed by atoms with E-state index in [0.717, 1.165) is 81.6 Å². The van der Waals surface area contributed by atoms with Crippen LogP contribution in [0.5, 0.6) is 0 Å². The van der Waals surface area contributed by atoms with Crippen LogP contribution < -0.4 is 10.6 Å². The summed E-state index contributed by atoms with van der Waals surface area (Å²) >= 11 is 1.49. The number of unbranched alkanes of at least 4 members (excludes halogenated alkanes) is 2. The van der Waals surface area contributed by atoms with Gasteiger partial charge in [0.1, 0.15) is 16.8 Å². The normalized spacial score (nSPS) is 21.0. The van der Waals surface area contributed by atoms with Crippen molar-refractivity contribution < 1.29 is 14.1 Å². The summed E-state index contributed by atoms with van der Waals surface area (Å²) in [5, 5.41) is 14.7. The minimum atomic E-state index is -0.574. The molecule has 1 aliphatic heterocycles. The van der Waals surface area contributed by atoms with Crippen LogP contribution in [0.3, 0.4) is 0 Å². The smallest absolute Gasteiger partial charge is 0.305 e. The van der Waals surface area contributed by atoms with Crippen LogP contribution in [-0.2, 0) is 21.4 Å². The van der Waals surface area contributed by atoms with E-state index in [1.807, 2.05) is 6.92 Å². The first-order valence-electron chi connectivity index (χ1n) is 15.0. The number of hydrogen-bond donors (Lipinski definition) is 1. The van der Waals surface area contributed by atoms with Crippen molar-refractivity contribution in [1.29, 1.82) is 5.26 Å². The summed E-state index contributed by atoms with van der Waals surface area (Å²) in [5.41, 5.74) is 7.68. The number of thiophene rings is 1. The zero-order valence-corrected chi connectivity index (χ0v) is 25.6. The molecule has 3 aromatic rings. The Hall–Kier alpha value is -3.56. The Morgan fingerprint density at radius 1 is 1.29 bits per heavy atom. The van der Waals surface area contributed by atoms with Gasteiger partial charge >= 0.3 is 5.97 Å². The lowest BCUT2D eigenvalue weighted by Crippen LogP contribution is -2.40. The molecule has 0 aromatic carbocycles. The van der Waals surface area contributed by atoms with Crippen LogP contribution in [0, 0.1) is 11.3 Å². The number of esters is 1. The number of carbonyl (C=O) groups is 1. The molecule has 0 bridgehead atoms. The molecule has 0 saturated carbocycles. The van der Waals surface area contributed by atoms with Crippen molar-refractivity contribution in [2.24, 2.45) is 0 Å². The molecule has 2 atom stereocenters. The zero-order chi connectivity index (χ0) is 29.7. The lowest BCUT2D eigenvalue weighted by Gasteiger charge is -2.30. The van der Waals surface area contributed by atoms with Crippen molar-refractivity contribution in [3.63, 3.8) is 0 Å². The van der Waals surface area contributed by atoms with Gasteiger partial charge in [0.25, 0.3) is 0 Å². The highest BCUT2D eigenvalue weighted by Gasteiger charge is 2.43. The predicted octanol–water partition coefficient (Wildman–Crippen LogP) is 4.71. The van der Waals surface area contributed by atoms with E-state index in [-0.39, 0.29) is 12.0 Å². The fraction of sp³-hybridized carbons (Fsp3) is 0.600. The van der Waals surface area contributed by atoms with Crippen LogP contribution in [0.1, 0.15) is 87.6 Å². The van der Waals surface area contributed by atoms with Gasteiger partial charge in [-0.2, -0.15) is 10.2 Å². The standard InChI is InChI=1S/C30H40N8O3S/c1-4-40-24(39)11-6-5-7-15-37-16-9-17-38(20(2)19-37)29-33-14-12-22(34-29)27-35-28(41-36-27)30(3)13-8-10-23-25(30)21(18-31)26(32)42-23/h12,14,20H,4-11,13,15-17,19,32H2,1-3H3/t20-,30-/m0/s1. The Balaban J connectivity index is 1.25. The van der Waals surface area contributed by atoms with Crippen molar-refractivity contribution >= 4 is 28.3 Å². The maximum absolute atomic E-state index is 11.6. The third-order valence-corrected chi connectivity index (χ3v) is 9.45. The number of aromatic nitrogens is 4. The fourth-order valence-electron chi connectivity index (χ4n) is 6.24. The average molecular weight is 593 g/mol. The molecule has 2 N–H and O–H groups in total. The van der Waals surface area contributed by atoms with Gasteiger partial charge in [0.05, 0.1) is 17.6 Å². The van der Waals surface area contributed by atoms with Crippen LogP contribution in [-0.4, -0.2) is 69.8 Å². The Labute approximate surface area is 251 Å². The SMILES string of the molecule is CCOC(=O)CCCCCN1CCCN(c2nccc(-c3noc([C@@]4(C)CCCc5sc(N)c(C#N)c54)n3)n2)[C@@H](C)C1. The number of nitrogen functional groups attached to an aromatic ring is 1. The van der Waals surface area contributed by atoms with Gasteiger partial charge in [0.15, 0.2) is 0 Å². The molecular formula is C30H40N8O3S. The predicted molar refractivity (Wildman–Crippen MR) is 161 cm³/mol. The van der Waals surface area contributed by atoms with Crippen molar-refractivity contribution in [2.45, 2.75) is 83.6 Å². The summed E-state index contributed by atoms with van der Waals surface area (Å²) in [4.78, 5) is 31.7. The number of ether oxygens (including phenoxy) is 1. The van der Waals surface area contributed by atoms with Crippen LogP contribution in [0.25, 0.3) is 11.5 Å². The number of rotatable bonds is 10. The molecule has 2 aliphatic rings. The van der Waals surface area contributed by atoms with Crippen molar-refractivity contribution in [1.82, 2.24) is 25.0 Å². The zero-order valence-electron chi connectivity index (χ0n) is 24.8. The molecule has 0 amide bonds. The lowest BCUT2D eigenvalue weighted by atomic mass is 9.72. The summed E-state index contributed by atoms with van der Waals surface area (Å²) in [6.07, 6.45) is 8.87. The molecular weight excluding hydrogens is 552 g/mol. The summed E-state index contributed by atoms with van der Waals surface area (Å²) in [7, 11) is 0. The summed E-state index contributed by atoms with van der Waals surface area (Å²) in [6, 6.07) is 4.34. The van der Waals surface area contributed by atoms with E-state index in [1.54, 1.807) is 12.3 Å². The molecule has 224 valence electrons. The minimum Gasteiger partial charge on any atom is -0.466 e. The molecule has 12 heteroatoms. The Morgan fingerprint density at radius 2 is 2.14 bits per heavy atom. The maximum atomic E-state index is 11.6. The van der Waals surface area contributed by atoms with E-state index >= 15 is 0 Å². The molecule has 11 nitrogen and oxygen atoms in total. The van der Waals surface area contributed by atoms with E-state index in [0.29, 0.717) is 46.9 Å². The Kier molecular flexibility index (Phi) is 9.38. The number of nitrogens with two attached hydrogens (primary N) is 1. The second kappa shape index (κ2) is 13.2. The highest BCUT2D eigenvalue weighted by molar-refractivity contribution is 7.16. The van der Waals surface area contributed by atoms with E-state index in [2.05, 4.69) is 39.9 Å². The van der Waals surface area contributed by atoms with Crippen LogP contribution in [0.2, 0.25) is 0 Å². The third kappa shape index (κ3) is 6.27. The van der Waals surface area contributed by atoms with Crippen LogP contribution >= 0.6 is 11.3 Å². The van der Waals surface area contributed by atoms with Gasteiger partial charge in [-0.1, -0.05) is 11.6 Å². The van der Waals surface area contributed by atoms with Crippen LogP contribution in [0.4, 0.5) is 10.9 Å². The Bertz CT molecular complexity index is 1430. The largest absolute Gasteiger partial charge is 0.466 e. The molecule has 1 aliphatic carbocycles. The summed E-state index contributed by atoms with van der Waals surface area (Å²) < 4.78 is 10.9. The fourth-order valence-corrected chi connectivity index (χ4v) is 7.43. The van der Waals surface area contributed by atoms with E-state index < -0.39 is 5.41 Å². The summed E-state index contributed by atoms with van der Waals surface area (Å²) in [5.74, 6) is 1.45. The first-order valence-corrected chi connectivity index (χ1v) is 15.8. The van der Waals surface area contributed by atoms with Gasteiger partial charge in [-0.05, 0) is 78.5 Å². The highest BCUT2D eigenvalue weighted by atomic mass is 32.1. The second-order valence-corrected chi connectivity index (χ2v) is 12.6. The summed E-state index contributed by atoms with van der Waals surface area (Å²) in [6.45, 7) is 10.4. The van der Waals surface area contributed by atoms with Gasteiger partial charge in [-0.3, -0.25) is 4.79 Å². The third-order valence-electron chi connectivity index (χ3n) is 8.37. The molecule has 0 unspecified atom stereocenters. The van der Waals surface area contributed by atoms with Crippen LogP contribution in [0.15, 0.2) is 16.8 Å². The number of anilines is 2. The number of carbonyl (C=O) groups excluding carboxylic acids is 1. The monoisotopic (exact) mass is 592 g/mol. The lowest BCUT2D eigenvalue weighted by molar-refractivity contribution is -0.143. The topological polar surface area (TPSA) is 147 Å². The van der Waals surface area contributed by atoms with E-state index in [1.165, 1.54) is 11.3 Å². The number of hydrogen-bond acceptors (Lipinski definition) is 12. The number of nitrogens with zero attached hydrogens (tertiary/aromatic N) is 7. The molecule has 4 heterocycles. The van der Waals surface area contributed by atoms with Gasteiger partial charge in [-0.15, -0.1) is 11.3 Å². The van der Waals surface area contributed by atoms with Gasteiger partial charge in [0, 0.05) is 42.2 Å². The quantitative estimate of drug-likeness (QED) is 0.258. The van der Waals surface area contributed by atoms with E-state index in [9.17, 15) is 10.1 Å². The Morgan fingerprint density at radius 3 is 2.95 bits per heavy atom. The average Bonchev–Trinajstić information content (AvgIpc) is 3.56.